The second-order valence-corrected chi connectivity index (χ2v) is 7.36. The lowest BCUT2D eigenvalue weighted by Gasteiger charge is -2.29. The van der Waals surface area contributed by atoms with Crippen LogP contribution in [0.1, 0.15) is 27.4 Å². The van der Waals surface area contributed by atoms with E-state index in [2.05, 4.69) is 14.9 Å². The molecule has 3 aromatic rings. The van der Waals surface area contributed by atoms with E-state index in [1.54, 1.807) is 24.5 Å². The van der Waals surface area contributed by atoms with Crippen LogP contribution in [0.25, 0.3) is 11.1 Å². The topological polar surface area (TPSA) is 77.0 Å². The molecular formula is C20H19ClFN5O. The number of benzene rings is 1. The van der Waals surface area contributed by atoms with Crippen molar-refractivity contribution in [3.63, 3.8) is 0 Å². The van der Waals surface area contributed by atoms with Gasteiger partial charge in [0, 0.05) is 43.5 Å². The first-order chi connectivity index (χ1) is 13.4. The van der Waals surface area contributed by atoms with Crippen molar-refractivity contribution in [2.75, 3.05) is 6.54 Å². The highest BCUT2D eigenvalue weighted by molar-refractivity contribution is 6.30. The first kappa shape index (κ1) is 18.6. The molecule has 1 aliphatic rings. The van der Waals surface area contributed by atoms with Gasteiger partial charge in [-0.1, -0.05) is 11.6 Å². The van der Waals surface area contributed by atoms with Crippen molar-refractivity contribution in [2.24, 2.45) is 12.8 Å². The van der Waals surface area contributed by atoms with E-state index >= 15 is 0 Å². The summed E-state index contributed by atoms with van der Waals surface area (Å²) in [6, 6.07) is 6.10. The SMILES string of the molecule is Cn1cncc1CN1CCc2c(-c3ccc(Cl)cc3F)cc(C(N)=O)nc2C1. The zero-order chi connectivity index (χ0) is 19.8. The van der Waals surface area contributed by atoms with E-state index < -0.39 is 11.7 Å². The van der Waals surface area contributed by atoms with Gasteiger partial charge < -0.3 is 10.3 Å². The molecule has 2 aromatic heterocycles. The molecule has 6 nitrogen and oxygen atoms in total. The summed E-state index contributed by atoms with van der Waals surface area (Å²) in [5.41, 5.74) is 9.41. The van der Waals surface area contributed by atoms with Gasteiger partial charge in [0.1, 0.15) is 11.5 Å². The number of nitrogens with zero attached hydrogens (tertiary/aromatic N) is 4. The molecule has 4 rings (SSSR count). The number of pyridine rings is 1. The zero-order valence-electron chi connectivity index (χ0n) is 15.3. The monoisotopic (exact) mass is 399 g/mol. The number of aromatic nitrogens is 3. The number of hydrogen-bond donors (Lipinski definition) is 1. The molecule has 0 saturated carbocycles. The highest BCUT2D eigenvalue weighted by atomic mass is 35.5. The molecule has 0 saturated heterocycles. The zero-order valence-corrected chi connectivity index (χ0v) is 16.1. The number of fused-ring (bicyclic) bond motifs is 1. The van der Waals surface area contributed by atoms with Crippen molar-refractivity contribution in [3.05, 3.63) is 70.3 Å². The van der Waals surface area contributed by atoms with Gasteiger partial charge in [-0.15, -0.1) is 0 Å². The number of rotatable bonds is 4. The van der Waals surface area contributed by atoms with Gasteiger partial charge in [-0.2, -0.15) is 0 Å². The summed E-state index contributed by atoms with van der Waals surface area (Å²) in [5, 5.41) is 0.321. The van der Waals surface area contributed by atoms with Crippen LogP contribution in [0.5, 0.6) is 0 Å². The van der Waals surface area contributed by atoms with E-state index in [0.29, 0.717) is 35.7 Å². The molecule has 0 radical (unpaired) electrons. The Labute approximate surface area is 166 Å². The minimum atomic E-state index is -0.637. The quantitative estimate of drug-likeness (QED) is 0.731. The predicted octanol–water partition coefficient (Wildman–Crippen LogP) is 2.93. The van der Waals surface area contributed by atoms with E-state index in [1.165, 1.54) is 6.07 Å². The maximum absolute atomic E-state index is 14.6. The smallest absolute Gasteiger partial charge is 0.267 e. The van der Waals surface area contributed by atoms with Gasteiger partial charge in [-0.25, -0.2) is 14.4 Å². The molecule has 144 valence electrons. The maximum atomic E-state index is 14.6. The summed E-state index contributed by atoms with van der Waals surface area (Å²) in [5.74, 6) is -1.07. The summed E-state index contributed by atoms with van der Waals surface area (Å²) in [7, 11) is 1.95. The van der Waals surface area contributed by atoms with E-state index in [1.807, 2.05) is 17.8 Å². The fraction of sp³-hybridized carbons (Fsp3) is 0.250. The molecule has 1 aliphatic heterocycles. The van der Waals surface area contributed by atoms with Crippen LogP contribution in [0.4, 0.5) is 4.39 Å². The first-order valence-electron chi connectivity index (χ1n) is 8.88. The summed E-state index contributed by atoms with van der Waals surface area (Å²) in [6.07, 6.45) is 4.28. The largest absolute Gasteiger partial charge is 0.364 e. The summed E-state index contributed by atoms with van der Waals surface area (Å²) >= 11 is 5.89. The number of hydrogen-bond acceptors (Lipinski definition) is 4. The van der Waals surface area contributed by atoms with E-state index in [4.69, 9.17) is 17.3 Å². The Hall–Kier alpha value is -2.77. The Morgan fingerprint density at radius 1 is 1.32 bits per heavy atom. The molecule has 1 aromatic carbocycles. The molecule has 0 unspecified atom stereocenters. The summed E-state index contributed by atoms with van der Waals surface area (Å²) in [4.78, 5) is 22.6. The maximum Gasteiger partial charge on any atom is 0.267 e. The van der Waals surface area contributed by atoms with Crippen LogP contribution in [0.3, 0.4) is 0 Å². The van der Waals surface area contributed by atoms with Crippen LogP contribution in [0.15, 0.2) is 36.8 Å². The number of carbonyl (C=O) groups is 1. The molecule has 1 amide bonds. The van der Waals surface area contributed by atoms with Crippen LogP contribution in [-0.2, 0) is 26.6 Å². The van der Waals surface area contributed by atoms with Gasteiger partial charge in [0.25, 0.3) is 5.91 Å². The second-order valence-electron chi connectivity index (χ2n) is 6.93. The second kappa shape index (κ2) is 7.33. The molecule has 2 N–H and O–H groups in total. The van der Waals surface area contributed by atoms with Crippen molar-refractivity contribution < 1.29 is 9.18 Å². The van der Waals surface area contributed by atoms with Crippen molar-refractivity contribution in [1.82, 2.24) is 19.4 Å². The summed E-state index contributed by atoms with van der Waals surface area (Å²) < 4.78 is 16.5. The highest BCUT2D eigenvalue weighted by Crippen LogP contribution is 2.33. The first-order valence-corrected chi connectivity index (χ1v) is 9.25. The lowest BCUT2D eigenvalue weighted by molar-refractivity contribution is 0.0995. The summed E-state index contributed by atoms with van der Waals surface area (Å²) in [6.45, 7) is 2.05. The Bertz CT molecular complexity index is 1060. The van der Waals surface area contributed by atoms with Gasteiger partial charge in [-0.05, 0) is 41.8 Å². The number of nitrogens with two attached hydrogens (primary N) is 1. The Kier molecular flexibility index (Phi) is 4.87. The van der Waals surface area contributed by atoms with Crippen molar-refractivity contribution >= 4 is 17.5 Å². The molecule has 0 atom stereocenters. The molecule has 0 fully saturated rings. The van der Waals surface area contributed by atoms with Gasteiger partial charge in [-0.3, -0.25) is 9.69 Å². The van der Waals surface area contributed by atoms with Crippen LogP contribution >= 0.6 is 11.6 Å². The number of imidazole rings is 1. The third-order valence-corrected chi connectivity index (χ3v) is 5.27. The van der Waals surface area contributed by atoms with Crippen LogP contribution in [-0.4, -0.2) is 31.9 Å². The lowest BCUT2D eigenvalue weighted by Crippen LogP contribution is -2.32. The minimum absolute atomic E-state index is 0.130. The standard InChI is InChI=1S/C20H19ClFN5O/c1-26-11-24-8-13(26)9-27-5-4-15-16(14-3-2-12(21)6-17(14)22)7-18(20(23)28)25-19(15)10-27/h2-3,6-8,11H,4-5,9-10H2,1H3,(H2,23,28). The third kappa shape index (κ3) is 3.50. The molecule has 8 heteroatoms. The average Bonchev–Trinajstić information content (AvgIpc) is 3.05. The highest BCUT2D eigenvalue weighted by Gasteiger charge is 2.24. The van der Waals surface area contributed by atoms with Gasteiger partial charge in [0.05, 0.1) is 17.7 Å². The van der Waals surface area contributed by atoms with Gasteiger partial charge in [0.2, 0.25) is 0 Å². The predicted molar refractivity (Wildman–Crippen MR) is 104 cm³/mol. The minimum Gasteiger partial charge on any atom is -0.364 e. The Balaban J connectivity index is 1.74. The van der Waals surface area contributed by atoms with E-state index in [0.717, 1.165) is 23.5 Å². The van der Waals surface area contributed by atoms with Crippen molar-refractivity contribution in [1.29, 1.82) is 0 Å². The molecule has 0 aliphatic carbocycles. The molecule has 28 heavy (non-hydrogen) atoms. The van der Waals surface area contributed by atoms with Gasteiger partial charge >= 0.3 is 0 Å². The van der Waals surface area contributed by atoms with E-state index in [9.17, 15) is 9.18 Å². The lowest BCUT2D eigenvalue weighted by atomic mass is 9.93. The van der Waals surface area contributed by atoms with E-state index in [-0.39, 0.29) is 5.69 Å². The molecular weight excluding hydrogens is 381 g/mol. The fourth-order valence-electron chi connectivity index (χ4n) is 3.57. The van der Waals surface area contributed by atoms with Crippen molar-refractivity contribution in [2.45, 2.75) is 19.5 Å². The van der Waals surface area contributed by atoms with Gasteiger partial charge in [0.15, 0.2) is 0 Å². The van der Waals surface area contributed by atoms with Crippen LogP contribution < -0.4 is 5.73 Å². The Morgan fingerprint density at radius 2 is 2.14 bits per heavy atom. The number of aryl methyl sites for hydroxylation is 1. The van der Waals surface area contributed by atoms with Crippen LogP contribution in [0.2, 0.25) is 5.02 Å². The third-order valence-electron chi connectivity index (χ3n) is 5.04. The molecule has 0 spiro atoms. The number of carbonyl (C=O) groups excluding carboxylic acids is 1. The van der Waals surface area contributed by atoms with Crippen molar-refractivity contribution in [3.8, 4) is 11.1 Å². The molecule has 0 bridgehead atoms. The normalized spacial score (nSPS) is 14.1. The Morgan fingerprint density at radius 3 is 2.82 bits per heavy atom. The number of amides is 1. The fourth-order valence-corrected chi connectivity index (χ4v) is 3.73. The van der Waals surface area contributed by atoms with Crippen LogP contribution in [0, 0.1) is 5.82 Å². The average molecular weight is 400 g/mol. The molecule has 3 heterocycles. The number of halogens is 2. The number of primary amides is 1.